The van der Waals surface area contributed by atoms with Gasteiger partial charge in [-0.15, -0.1) is 12.4 Å². The topological polar surface area (TPSA) is 66.5 Å². The van der Waals surface area contributed by atoms with Gasteiger partial charge >= 0.3 is 0 Å². The van der Waals surface area contributed by atoms with Gasteiger partial charge in [-0.1, -0.05) is 6.07 Å². The number of hydrogen-bond donors (Lipinski definition) is 3. The second-order valence-corrected chi connectivity index (χ2v) is 2.36. The molecule has 0 spiro atoms. The maximum Gasteiger partial charge on any atom is 0.157 e. The van der Waals surface area contributed by atoms with Crippen molar-refractivity contribution in [1.29, 1.82) is 0 Å². The fourth-order valence-corrected chi connectivity index (χ4v) is 0.891. The van der Waals surface area contributed by atoms with Gasteiger partial charge in [-0.25, -0.2) is 0 Å². The van der Waals surface area contributed by atoms with Crippen LogP contribution in [0, 0.1) is 0 Å². The van der Waals surface area contributed by atoms with Crippen LogP contribution in [-0.4, -0.2) is 16.8 Å². The molecule has 0 saturated carbocycles. The molecular weight excluding hydrogens is 273 g/mol. The first-order chi connectivity index (χ1) is 5.24. The van der Waals surface area contributed by atoms with E-state index in [0.29, 0.717) is 13.0 Å². The van der Waals surface area contributed by atoms with Gasteiger partial charge in [0.2, 0.25) is 0 Å². The molecule has 0 heterocycles. The Labute approximate surface area is 97.6 Å². The molecule has 0 radical (unpaired) electrons. The standard InChI is InChI=1S/C8H11NO2.ClH.Mo/c9-4-3-6-1-2-7(10)8(11)5-6;;/h1-2,5,10-11H,3-4,9H2;1H;. The van der Waals surface area contributed by atoms with Gasteiger partial charge in [0.1, 0.15) is 0 Å². The summed E-state index contributed by atoms with van der Waals surface area (Å²) in [6, 6.07) is 4.71. The van der Waals surface area contributed by atoms with Crippen molar-refractivity contribution in [2.75, 3.05) is 6.54 Å². The van der Waals surface area contributed by atoms with Crippen LogP contribution in [0.25, 0.3) is 0 Å². The van der Waals surface area contributed by atoms with Gasteiger partial charge in [0.05, 0.1) is 0 Å². The van der Waals surface area contributed by atoms with E-state index in [-0.39, 0.29) is 45.0 Å². The van der Waals surface area contributed by atoms with Crippen LogP contribution in [0.15, 0.2) is 18.2 Å². The first-order valence-corrected chi connectivity index (χ1v) is 3.45. The second-order valence-electron chi connectivity index (χ2n) is 2.36. The van der Waals surface area contributed by atoms with Crippen molar-refractivity contribution in [2.24, 2.45) is 5.73 Å². The number of phenolic OH excluding ortho intramolecular Hbond substituents is 2. The first-order valence-electron chi connectivity index (χ1n) is 3.45. The summed E-state index contributed by atoms with van der Waals surface area (Å²) in [4.78, 5) is 0. The third kappa shape index (κ3) is 4.51. The van der Waals surface area contributed by atoms with Crippen molar-refractivity contribution in [3.8, 4) is 11.5 Å². The smallest absolute Gasteiger partial charge is 0.157 e. The molecule has 4 N–H and O–H groups in total. The predicted molar refractivity (Wildman–Crippen MR) is 49.8 cm³/mol. The number of halogens is 1. The predicted octanol–water partition coefficient (Wildman–Crippen LogP) is 1.02. The minimum Gasteiger partial charge on any atom is -0.504 e. The van der Waals surface area contributed by atoms with Crippen LogP contribution in [0.4, 0.5) is 0 Å². The maximum absolute atomic E-state index is 9.04. The van der Waals surface area contributed by atoms with Crippen LogP contribution in [0.2, 0.25) is 0 Å². The SMILES string of the molecule is Cl.NCCc1ccc(O)c(O)c1.[Mo]. The summed E-state index contributed by atoms with van der Waals surface area (Å²) in [7, 11) is 0. The van der Waals surface area contributed by atoms with Crippen LogP contribution in [0.5, 0.6) is 11.5 Å². The van der Waals surface area contributed by atoms with Crippen molar-refractivity contribution >= 4 is 12.4 Å². The number of nitrogens with two attached hydrogens (primary N) is 1. The van der Waals surface area contributed by atoms with Crippen LogP contribution in [0.3, 0.4) is 0 Å². The molecule has 0 saturated heterocycles. The molecule has 13 heavy (non-hydrogen) atoms. The molecule has 74 valence electrons. The Morgan fingerprint density at radius 2 is 1.77 bits per heavy atom. The van der Waals surface area contributed by atoms with Gasteiger partial charge in [0, 0.05) is 21.1 Å². The van der Waals surface area contributed by atoms with E-state index in [9.17, 15) is 0 Å². The number of hydrogen-bond acceptors (Lipinski definition) is 3. The van der Waals surface area contributed by atoms with Crippen molar-refractivity contribution in [3.05, 3.63) is 23.8 Å². The van der Waals surface area contributed by atoms with E-state index in [1.807, 2.05) is 0 Å². The Hall–Kier alpha value is -0.242. The molecule has 0 aromatic heterocycles. The Kier molecular flexibility index (Phi) is 8.43. The van der Waals surface area contributed by atoms with Crippen molar-refractivity contribution in [3.63, 3.8) is 0 Å². The van der Waals surface area contributed by atoms with E-state index in [1.54, 1.807) is 6.07 Å². The molecule has 1 aromatic carbocycles. The summed E-state index contributed by atoms with van der Waals surface area (Å²) in [5, 5.41) is 18.0. The minimum absolute atomic E-state index is 0. The van der Waals surface area contributed by atoms with Crippen LogP contribution < -0.4 is 5.73 Å². The van der Waals surface area contributed by atoms with Gasteiger partial charge < -0.3 is 15.9 Å². The molecule has 3 nitrogen and oxygen atoms in total. The molecule has 1 aromatic rings. The fourth-order valence-electron chi connectivity index (χ4n) is 0.891. The van der Waals surface area contributed by atoms with E-state index in [4.69, 9.17) is 15.9 Å². The van der Waals surface area contributed by atoms with E-state index >= 15 is 0 Å². The molecule has 0 fully saturated rings. The number of benzene rings is 1. The molecule has 1 rings (SSSR count). The Morgan fingerprint density at radius 3 is 2.23 bits per heavy atom. The van der Waals surface area contributed by atoms with Crippen molar-refractivity contribution < 1.29 is 31.3 Å². The zero-order chi connectivity index (χ0) is 8.27. The van der Waals surface area contributed by atoms with Gasteiger partial charge in [-0.2, -0.15) is 0 Å². The Balaban J connectivity index is 0. The van der Waals surface area contributed by atoms with Gasteiger partial charge in [0.15, 0.2) is 11.5 Å². The normalized spacial score (nSPS) is 8.38. The summed E-state index contributed by atoms with van der Waals surface area (Å²) in [6.07, 6.45) is 0.716. The summed E-state index contributed by atoms with van der Waals surface area (Å²) in [5.41, 5.74) is 6.24. The van der Waals surface area contributed by atoms with Gasteiger partial charge in [0.25, 0.3) is 0 Å². The van der Waals surface area contributed by atoms with Gasteiger partial charge in [-0.05, 0) is 30.7 Å². The number of aromatic hydroxyl groups is 2. The molecule has 0 aliphatic carbocycles. The van der Waals surface area contributed by atoms with Crippen molar-refractivity contribution in [2.45, 2.75) is 6.42 Å². The molecule has 0 aliphatic rings. The third-order valence-corrected chi connectivity index (χ3v) is 1.47. The zero-order valence-electron chi connectivity index (χ0n) is 6.93. The summed E-state index contributed by atoms with van der Waals surface area (Å²) < 4.78 is 0. The van der Waals surface area contributed by atoms with E-state index in [1.165, 1.54) is 12.1 Å². The molecule has 0 unspecified atom stereocenters. The molecule has 0 atom stereocenters. The Morgan fingerprint density at radius 1 is 1.15 bits per heavy atom. The average Bonchev–Trinajstić information content (AvgIpc) is 1.98. The minimum atomic E-state index is -0.0919. The largest absolute Gasteiger partial charge is 0.504 e. The van der Waals surface area contributed by atoms with E-state index in [0.717, 1.165) is 5.56 Å². The maximum atomic E-state index is 9.04. The number of rotatable bonds is 2. The van der Waals surface area contributed by atoms with Crippen LogP contribution in [-0.2, 0) is 27.5 Å². The molecule has 5 heteroatoms. The quantitative estimate of drug-likeness (QED) is 0.561. The Bertz CT molecular complexity index is 258. The molecular formula is C8H12ClMoNO2. The average molecular weight is 286 g/mol. The summed E-state index contributed by atoms with van der Waals surface area (Å²) in [6.45, 7) is 0.546. The third-order valence-electron chi connectivity index (χ3n) is 1.47. The fraction of sp³-hybridized carbons (Fsp3) is 0.250. The molecule has 0 bridgehead atoms. The van der Waals surface area contributed by atoms with Gasteiger partial charge in [-0.3, -0.25) is 0 Å². The van der Waals surface area contributed by atoms with Crippen LogP contribution in [0.1, 0.15) is 5.56 Å². The van der Waals surface area contributed by atoms with Crippen molar-refractivity contribution in [1.82, 2.24) is 0 Å². The number of phenols is 2. The van der Waals surface area contributed by atoms with E-state index < -0.39 is 0 Å². The molecule has 0 aliphatic heterocycles. The zero-order valence-corrected chi connectivity index (χ0v) is 9.76. The summed E-state index contributed by atoms with van der Waals surface area (Å²) in [5.74, 6) is -0.179. The first kappa shape index (κ1) is 15.2. The molecule has 0 amide bonds. The monoisotopic (exact) mass is 287 g/mol. The van der Waals surface area contributed by atoms with Crippen LogP contribution >= 0.6 is 12.4 Å². The second kappa shape index (κ2) is 7.19. The van der Waals surface area contributed by atoms with E-state index in [2.05, 4.69) is 0 Å². The summed E-state index contributed by atoms with van der Waals surface area (Å²) >= 11 is 0.